The Bertz CT molecular complexity index is 1650. The lowest BCUT2D eigenvalue weighted by atomic mass is 9.59. The van der Waals surface area contributed by atoms with Crippen LogP contribution in [0, 0.1) is 23.7 Å². The summed E-state index contributed by atoms with van der Waals surface area (Å²) in [6.07, 6.45) is 2.94. The molecule has 45 heavy (non-hydrogen) atoms. The number of primary amides is 1. The number of rotatable bonds is 6. The highest BCUT2D eigenvalue weighted by molar-refractivity contribution is 6.28. The number of Topliss-reactive ketones (excluding diaryl/α,β-unsaturated/α-hetero) is 2. The van der Waals surface area contributed by atoms with Gasteiger partial charge in [-0.15, -0.1) is 0 Å². The number of aliphatic hydroxyl groups is 2. The minimum atomic E-state index is -1.29. The lowest BCUT2D eigenvalue weighted by Gasteiger charge is -2.46. The number of allylic oxidation sites excluding steroid dienone is 1. The fraction of sp³-hybridized carbons (Fsp3) is 0.457. The van der Waals surface area contributed by atoms with Gasteiger partial charge in [0.2, 0.25) is 0 Å². The molecule has 238 valence electrons. The van der Waals surface area contributed by atoms with E-state index in [4.69, 9.17) is 10.5 Å². The van der Waals surface area contributed by atoms with Crippen molar-refractivity contribution < 1.29 is 34.4 Å². The number of ketones is 2. The van der Waals surface area contributed by atoms with Crippen LogP contribution in [0.25, 0.3) is 16.9 Å². The van der Waals surface area contributed by atoms with Crippen molar-refractivity contribution >= 4 is 23.2 Å². The van der Waals surface area contributed by atoms with Gasteiger partial charge in [0.05, 0.1) is 24.6 Å². The average Bonchev–Trinajstić information content (AvgIpc) is 2.97. The van der Waals surface area contributed by atoms with Gasteiger partial charge in [0.25, 0.3) is 5.91 Å². The molecule has 1 heterocycles. The maximum absolute atomic E-state index is 14.1. The Labute approximate surface area is 262 Å². The van der Waals surface area contributed by atoms with E-state index in [2.05, 4.69) is 24.0 Å². The Balaban J connectivity index is 1.44. The van der Waals surface area contributed by atoms with E-state index in [-0.39, 0.29) is 22.6 Å². The van der Waals surface area contributed by atoms with Crippen LogP contribution in [0.4, 0.5) is 0 Å². The summed E-state index contributed by atoms with van der Waals surface area (Å²) in [6.45, 7) is 5.16. The largest absolute Gasteiger partial charge is 0.510 e. The maximum atomic E-state index is 14.1. The normalized spacial score (nSPS) is 25.7. The number of phenols is 1. The number of aromatic hydroxyl groups is 1. The fourth-order valence-corrected chi connectivity index (χ4v) is 8.06. The quantitative estimate of drug-likeness (QED) is 0.281. The Morgan fingerprint density at radius 2 is 1.76 bits per heavy atom. The van der Waals surface area contributed by atoms with Crippen molar-refractivity contribution in [3.63, 3.8) is 0 Å². The molecule has 0 spiro atoms. The lowest BCUT2D eigenvalue weighted by Crippen LogP contribution is -2.55. The summed E-state index contributed by atoms with van der Waals surface area (Å²) in [5.41, 5.74) is 8.50. The smallest absolute Gasteiger partial charge is 0.255 e. The Kier molecular flexibility index (Phi) is 7.99. The number of carbonyl (C=O) groups is 3. The second-order valence-electron chi connectivity index (χ2n) is 13.3. The third-order valence-electron chi connectivity index (χ3n) is 10.3. The SMILES string of the molecule is COc1ccc(CN2CCC(C)CC2)cc1-c1ccc(O)c2c1CC1CC3C(C(=O)C(C(N)=O)=C(O)[C@H]3N(C)C)C(=O)C1=C2O. The summed E-state index contributed by atoms with van der Waals surface area (Å²) in [6, 6.07) is 8.62. The Hall–Kier alpha value is -4.15. The van der Waals surface area contributed by atoms with E-state index in [0.717, 1.165) is 42.2 Å². The van der Waals surface area contributed by atoms with Gasteiger partial charge < -0.3 is 25.8 Å². The average molecular weight is 616 g/mol. The molecule has 0 bridgehead atoms. The Morgan fingerprint density at radius 3 is 2.40 bits per heavy atom. The first-order valence-electron chi connectivity index (χ1n) is 15.6. The molecule has 1 saturated carbocycles. The van der Waals surface area contributed by atoms with Gasteiger partial charge in [-0.25, -0.2) is 0 Å². The number of hydrogen-bond acceptors (Lipinski definition) is 9. The molecule has 3 unspecified atom stereocenters. The van der Waals surface area contributed by atoms with Crippen LogP contribution in [0.15, 0.2) is 47.2 Å². The summed E-state index contributed by atoms with van der Waals surface area (Å²) in [5.74, 6) is -4.56. The van der Waals surface area contributed by atoms with Crippen LogP contribution < -0.4 is 10.5 Å². The zero-order valence-electron chi connectivity index (χ0n) is 26.2. The van der Waals surface area contributed by atoms with E-state index in [1.165, 1.54) is 18.9 Å². The molecule has 2 fully saturated rings. The van der Waals surface area contributed by atoms with E-state index in [1.54, 1.807) is 26.1 Å². The van der Waals surface area contributed by atoms with Crippen molar-refractivity contribution in [3.8, 4) is 22.6 Å². The molecule has 5 N–H and O–H groups in total. The number of fused-ring (bicyclic) bond motifs is 3. The highest BCUT2D eigenvalue weighted by Gasteiger charge is 2.55. The summed E-state index contributed by atoms with van der Waals surface area (Å²) >= 11 is 0. The van der Waals surface area contributed by atoms with Crippen LogP contribution in [0.5, 0.6) is 11.5 Å². The molecule has 1 aliphatic heterocycles. The summed E-state index contributed by atoms with van der Waals surface area (Å²) in [5, 5.41) is 33.7. The van der Waals surface area contributed by atoms with E-state index in [0.29, 0.717) is 24.2 Å². The van der Waals surface area contributed by atoms with Crippen LogP contribution in [0.1, 0.15) is 42.9 Å². The van der Waals surface area contributed by atoms with Gasteiger partial charge in [-0.2, -0.15) is 0 Å². The molecule has 10 nitrogen and oxygen atoms in total. The van der Waals surface area contributed by atoms with Crippen molar-refractivity contribution in [3.05, 3.63) is 63.9 Å². The first-order valence-corrected chi connectivity index (χ1v) is 15.6. The highest BCUT2D eigenvalue weighted by atomic mass is 16.5. The molecule has 1 amide bonds. The van der Waals surface area contributed by atoms with Gasteiger partial charge in [-0.1, -0.05) is 19.1 Å². The number of nitrogens with two attached hydrogens (primary N) is 1. The number of carbonyl (C=O) groups excluding carboxylic acids is 3. The number of ether oxygens (including phenoxy) is 1. The van der Waals surface area contributed by atoms with Crippen molar-refractivity contribution in [2.45, 2.75) is 45.2 Å². The molecule has 4 atom stereocenters. The van der Waals surface area contributed by atoms with Crippen LogP contribution in [-0.4, -0.2) is 82.9 Å². The van der Waals surface area contributed by atoms with Gasteiger partial charge in [-0.3, -0.25) is 24.2 Å². The zero-order chi connectivity index (χ0) is 32.3. The molecule has 6 rings (SSSR count). The minimum absolute atomic E-state index is 0.0623. The van der Waals surface area contributed by atoms with Gasteiger partial charge in [-0.05, 0) is 106 Å². The monoisotopic (exact) mass is 615 g/mol. The lowest BCUT2D eigenvalue weighted by molar-refractivity contribution is -0.136. The standard InChI is InChI=1S/C35H41N3O7/c1-17-9-11-38(12-10-17)16-18-5-8-25(45-4)21(13-18)20-6-7-24(39)27-22(20)14-19-15-23-28(32(41)26(19)31(27)40)33(42)29(35(36)44)34(43)30(23)37(2)3/h5-8,13,17,19,23,28,30,39-40,43H,9-12,14-16H2,1-4H3,(H2,36,44)/t19?,23?,28?,30-/m0/s1. The number of piperidine rings is 1. The molecule has 3 aliphatic carbocycles. The molecule has 0 aromatic heterocycles. The van der Waals surface area contributed by atoms with Crippen LogP contribution >= 0.6 is 0 Å². The molecular formula is C35H41N3O7. The van der Waals surface area contributed by atoms with E-state index < -0.39 is 52.6 Å². The van der Waals surface area contributed by atoms with Crippen molar-refractivity contribution in [1.29, 1.82) is 0 Å². The van der Waals surface area contributed by atoms with Crippen molar-refractivity contribution in [2.24, 2.45) is 29.4 Å². The first-order chi connectivity index (χ1) is 21.4. The van der Waals surface area contributed by atoms with Gasteiger partial charge in [0, 0.05) is 17.7 Å². The van der Waals surface area contributed by atoms with E-state index in [9.17, 15) is 29.7 Å². The third kappa shape index (κ3) is 5.10. The number of phenolic OH excluding ortho intramolecular Hbond substituents is 1. The summed E-state index contributed by atoms with van der Waals surface area (Å²) < 4.78 is 5.78. The first kappa shape index (κ1) is 30.9. The second kappa shape index (κ2) is 11.7. The van der Waals surface area contributed by atoms with Crippen molar-refractivity contribution in [2.75, 3.05) is 34.3 Å². The minimum Gasteiger partial charge on any atom is -0.510 e. The Morgan fingerprint density at radius 1 is 1.04 bits per heavy atom. The molecule has 4 aliphatic rings. The number of benzene rings is 2. The van der Waals surface area contributed by atoms with E-state index >= 15 is 0 Å². The fourth-order valence-electron chi connectivity index (χ4n) is 8.06. The molecule has 0 radical (unpaired) electrons. The predicted molar refractivity (Wildman–Crippen MR) is 168 cm³/mol. The predicted octanol–water partition coefficient (Wildman–Crippen LogP) is 3.76. The number of nitrogens with zero attached hydrogens (tertiary/aromatic N) is 2. The number of aliphatic hydroxyl groups excluding tert-OH is 2. The number of amides is 1. The van der Waals surface area contributed by atoms with Crippen molar-refractivity contribution in [1.82, 2.24) is 9.80 Å². The number of methoxy groups -OCH3 is 1. The van der Waals surface area contributed by atoms with Crippen LogP contribution in [0.3, 0.4) is 0 Å². The summed E-state index contributed by atoms with van der Waals surface area (Å²) in [4.78, 5) is 43.8. The number of hydrogen-bond donors (Lipinski definition) is 4. The maximum Gasteiger partial charge on any atom is 0.255 e. The summed E-state index contributed by atoms with van der Waals surface area (Å²) in [7, 11) is 5.01. The van der Waals surface area contributed by atoms with Crippen LogP contribution in [0.2, 0.25) is 0 Å². The van der Waals surface area contributed by atoms with Gasteiger partial charge >= 0.3 is 0 Å². The number of likely N-dealkylation sites (N-methyl/N-ethyl adjacent to an activating group) is 1. The van der Waals surface area contributed by atoms with Crippen LogP contribution in [-0.2, 0) is 27.3 Å². The molecular weight excluding hydrogens is 574 g/mol. The van der Waals surface area contributed by atoms with E-state index in [1.807, 2.05) is 12.1 Å². The zero-order valence-corrected chi connectivity index (χ0v) is 26.2. The molecule has 1 saturated heterocycles. The van der Waals surface area contributed by atoms with Gasteiger partial charge in [0.15, 0.2) is 11.6 Å². The van der Waals surface area contributed by atoms with Gasteiger partial charge in [0.1, 0.15) is 28.6 Å². The molecule has 2 aromatic carbocycles. The second-order valence-corrected chi connectivity index (χ2v) is 13.3. The third-order valence-corrected chi connectivity index (χ3v) is 10.3. The number of likely N-dealkylation sites (tertiary alicyclic amines) is 1. The molecule has 2 aromatic rings. The molecule has 10 heteroatoms. The highest BCUT2D eigenvalue weighted by Crippen LogP contribution is 2.52. The topological polar surface area (TPSA) is 154 Å².